The highest BCUT2D eigenvalue weighted by molar-refractivity contribution is 7.13. The molecular weight excluding hydrogens is 434 g/mol. The molecule has 0 saturated heterocycles. The van der Waals surface area contributed by atoms with Crippen LogP contribution in [-0.2, 0) is 12.8 Å². The number of nitrogens with zero attached hydrogens (tertiary/aromatic N) is 3. The van der Waals surface area contributed by atoms with Crippen LogP contribution in [0, 0.1) is 0 Å². The van der Waals surface area contributed by atoms with Crippen LogP contribution < -0.4 is 10.9 Å². The number of benzene rings is 2. The molecule has 3 heterocycles. The molecule has 0 atom stereocenters. The van der Waals surface area contributed by atoms with Gasteiger partial charge in [0.2, 0.25) is 5.95 Å². The second-order valence-electron chi connectivity index (χ2n) is 7.99. The molecule has 162 valence electrons. The van der Waals surface area contributed by atoms with Crippen LogP contribution in [0.5, 0.6) is 0 Å². The van der Waals surface area contributed by atoms with Crippen LogP contribution in [0.1, 0.15) is 28.0 Å². The molecule has 0 fully saturated rings. The highest BCUT2D eigenvalue weighted by atomic mass is 32.1. The first-order valence-corrected chi connectivity index (χ1v) is 11.6. The van der Waals surface area contributed by atoms with E-state index >= 15 is 0 Å². The van der Waals surface area contributed by atoms with E-state index in [2.05, 4.69) is 20.4 Å². The summed E-state index contributed by atoms with van der Waals surface area (Å²) in [6.07, 6.45) is 2.42. The van der Waals surface area contributed by atoms with Gasteiger partial charge in [0.1, 0.15) is 11.5 Å². The number of carbonyl (C=O) groups is 1. The number of aryl methyl sites for hydroxylation is 1. The van der Waals surface area contributed by atoms with Gasteiger partial charge in [-0.1, -0.05) is 36.4 Å². The summed E-state index contributed by atoms with van der Waals surface area (Å²) in [6.45, 7) is 0. The molecule has 0 spiro atoms. The van der Waals surface area contributed by atoms with E-state index in [1.165, 1.54) is 4.68 Å². The number of anilines is 1. The van der Waals surface area contributed by atoms with Crippen LogP contribution in [0.25, 0.3) is 27.3 Å². The largest absolute Gasteiger partial charge is 0.306 e. The number of amides is 1. The molecule has 8 heteroatoms. The van der Waals surface area contributed by atoms with Gasteiger partial charge in [0.05, 0.1) is 10.6 Å². The van der Waals surface area contributed by atoms with Crippen molar-refractivity contribution in [1.29, 1.82) is 0 Å². The fraction of sp³-hybridized carbons (Fsp3) is 0.120. The number of hydrogen-bond donors (Lipinski definition) is 2. The van der Waals surface area contributed by atoms with Crippen molar-refractivity contribution in [3.63, 3.8) is 0 Å². The summed E-state index contributed by atoms with van der Waals surface area (Å²) in [6, 6.07) is 19.2. The van der Waals surface area contributed by atoms with Gasteiger partial charge < -0.3 is 5.32 Å². The van der Waals surface area contributed by atoms with Crippen LogP contribution in [0.4, 0.5) is 5.82 Å². The fourth-order valence-electron chi connectivity index (χ4n) is 4.22. The SMILES string of the molecule is O=C(Nc1cc(-c2cccs2)nn1-c1nc2c(c(=O)[nH]1)CCC2)c1ccc2ccccc2c1. The number of aromatic amines is 1. The molecule has 7 nitrogen and oxygen atoms in total. The molecule has 1 amide bonds. The number of nitrogens with one attached hydrogen (secondary N) is 2. The first-order chi connectivity index (χ1) is 16.2. The molecule has 0 bridgehead atoms. The first-order valence-electron chi connectivity index (χ1n) is 10.7. The van der Waals surface area contributed by atoms with E-state index in [4.69, 9.17) is 0 Å². The van der Waals surface area contributed by atoms with Crippen molar-refractivity contribution in [2.24, 2.45) is 0 Å². The van der Waals surface area contributed by atoms with Crippen LogP contribution >= 0.6 is 11.3 Å². The first kappa shape index (κ1) is 19.6. The zero-order valence-electron chi connectivity index (χ0n) is 17.5. The molecule has 33 heavy (non-hydrogen) atoms. The third kappa shape index (κ3) is 3.54. The van der Waals surface area contributed by atoms with Crippen molar-refractivity contribution >= 4 is 33.8 Å². The maximum Gasteiger partial charge on any atom is 0.256 e. The van der Waals surface area contributed by atoms with Crippen LogP contribution in [0.3, 0.4) is 0 Å². The third-order valence-corrected chi connectivity index (χ3v) is 6.76. The summed E-state index contributed by atoms with van der Waals surface area (Å²) in [5.41, 5.74) is 2.63. The Kier molecular flexibility index (Phi) is 4.66. The van der Waals surface area contributed by atoms with Crippen molar-refractivity contribution in [2.45, 2.75) is 19.3 Å². The van der Waals surface area contributed by atoms with E-state index in [-0.39, 0.29) is 11.5 Å². The van der Waals surface area contributed by atoms with Gasteiger partial charge in [-0.15, -0.1) is 11.3 Å². The Morgan fingerprint density at radius 3 is 2.76 bits per heavy atom. The standard InChI is InChI=1S/C25H19N5O2S/c31-23(17-11-10-15-5-1-2-6-16(15)13-17)27-22-14-20(21-9-4-12-33-21)29-30(22)25-26-19-8-3-7-18(19)24(32)28-25/h1-2,4-6,9-14H,3,7-8H2,(H,27,31)(H,26,28,32). The van der Waals surface area contributed by atoms with Gasteiger partial charge in [-0.25, -0.2) is 4.98 Å². The number of hydrogen-bond acceptors (Lipinski definition) is 5. The predicted octanol–water partition coefficient (Wildman–Crippen LogP) is 4.58. The van der Waals surface area contributed by atoms with Crippen molar-refractivity contribution in [3.8, 4) is 16.5 Å². The summed E-state index contributed by atoms with van der Waals surface area (Å²) in [4.78, 5) is 34.2. The van der Waals surface area contributed by atoms with Crippen LogP contribution in [0.2, 0.25) is 0 Å². The average Bonchev–Trinajstić information content (AvgIpc) is 3.59. The minimum Gasteiger partial charge on any atom is -0.306 e. The van der Waals surface area contributed by atoms with E-state index in [0.29, 0.717) is 23.0 Å². The minimum atomic E-state index is -0.261. The lowest BCUT2D eigenvalue weighted by atomic mass is 10.1. The Morgan fingerprint density at radius 2 is 1.91 bits per heavy atom. The molecule has 5 aromatic rings. The van der Waals surface area contributed by atoms with Gasteiger partial charge in [0.15, 0.2) is 0 Å². The molecule has 0 radical (unpaired) electrons. The maximum absolute atomic E-state index is 13.1. The van der Waals surface area contributed by atoms with E-state index in [1.54, 1.807) is 23.5 Å². The molecule has 0 saturated carbocycles. The Bertz CT molecular complexity index is 1570. The third-order valence-electron chi connectivity index (χ3n) is 5.87. The normalized spacial score (nSPS) is 12.7. The van der Waals surface area contributed by atoms with Crippen molar-refractivity contribution in [1.82, 2.24) is 19.7 Å². The van der Waals surface area contributed by atoms with Crippen molar-refractivity contribution in [3.05, 3.63) is 93.2 Å². The lowest BCUT2D eigenvalue weighted by Gasteiger charge is -2.10. The predicted molar refractivity (Wildman–Crippen MR) is 129 cm³/mol. The van der Waals surface area contributed by atoms with Gasteiger partial charge in [0, 0.05) is 17.2 Å². The summed E-state index contributed by atoms with van der Waals surface area (Å²) in [5.74, 6) is 0.484. The lowest BCUT2D eigenvalue weighted by molar-refractivity contribution is 0.102. The highest BCUT2D eigenvalue weighted by Gasteiger charge is 2.21. The Morgan fingerprint density at radius 1 is 1.03 bits per heavy atom. The molecule has 3 aromatic heterocycles. The highest BCUT2D eigenvalue weighted by Crippen LogP contribution is 2.28. The summed E-state index contributed by atoms with van der Waals surface area (Å²) in [7, 11) is 0. The van der Waals surface area contributed by atoms with Gasteiger partial charge in [0.25, 0.3) is 11.5 Å². The number of carbonyl (C=O) groups excluding carboxylic acids is 1. The fourth-order valence-corrected chi connectivity index (χ4v) is 4.91. The van der Waals surface area contributed by atoms with Gasteiger partial charge >= 0.3 is 0 Å². The van der Waals surface area contributed by atoms with Gasteiger partial charge in [-0.3, -0.25) is 14.6 Å². The minimum absolute atomic E-state index is 0.146. The van der Waals surface area contributed by atoms with Gasteiger partial charge in [-0.2, -0.15) is 9.78 Å². The molecule has 2 N–H and O–H groups in total. The number of H-pyrrole nitrogens is 1. The number of thiophene rings is 1. The summed E-state index contributed by atoms with van der Waals surface area (Å²) in [5, 5.41) is 11.7. The monoisotopic (exact) mass is 453 g/mol. The quantitative estimate of drug-likeness (QED) is 0.417. The van der Waals surface area contributed by atoms with E-state index in [1.807, 2.05) is 53.9 Å². The smallest absolute Gasteiger partial charge is 0.256 e. The lowest BCUT2D eigenvalue weighted by Crippen LogP contribution is -2.21. The number of rotatable bonds is 4. The molecule has 1 aliphatic carbocycles. The van der Waals surface area contributed by atoms with Crippen molar-refractivity contribution in [2.75, 3.05) is 5.32 Å². The Labute approximate surface area is 192 Å². The topological polar surface area (TPSA) is 92.7 Å². The Hall–Kier alpha value is -4.04. The van der Waals surface area contributed by atoms with Crippen molar-refractivity contribution < 1.29 is 4.79 Å². The molecule has 0 aliphatic heterocycles. The number of aromatic nitrogens is 4. The molecular formula is C25H19N5O2S. The zero-order chi connectivity index (χ0) is 22.4. The van der Waals surface area contributed by atoms with Gasteiger partial charge in [-0.05, 0) is 53.6 Å². The van der Waals surface area contributed by atoms with Crippen LogP contribution in [0.15, 0.2) is 70.8 Å². The van der Waals surface area contributed by atoms with E-state index < -0.39 is 0 Å². The summed E-state index contributed by atoms with van der Waals surface area (Å²) >= 11 is 1.55. The second-order valence-corrected chi connectivity index (χ2v) is 8.94. The Balaban J connectivity index is 1.42. The summed E-state index contributed by atoms with van der Waals surface area (Å²) < 4.78 is 1.51. The molecule has 2 aromatic carbocycles. The molecule has 1 aliphatic rings. The zero-order valence-corrected chi connectivity index (χ0v) is 18.4. The maximum atomic E-state index is 13.1. The average molecular weight is 454 g/mol. The van der Waals surface area contributed by atoms with E-state index in [9.17, 15) is 9.59 Å². The van der Waals surface area contributed by atoms with Crippen LogP contribution in [-0.4, -0.2) is 25.7 Å². The second kappa shape index (κ2) is 7.83. The van der Waals surface area contributed by atoms with E-state index in [0.717, 1.165) is 46.2 Å². The number of fused-ring (bicyclic) bond motifs is 2. The molecule has 6 rings (SSSR count). The molecule has 0 unspecified atom stereocenters.